The summed E-state index contributed by atoms with van der Waals surface area (Å²) in [5.41, 5.74) is 4.52. The molecule has 0 spiro atoms. The normalized spacial score (nSPS) is 15.1. The highest BCUT2D eigenvalue weighted by molar-refractivity contribution is 5.87. The molecule has 1 aliphatic rings. The van der Waals surface area contributed by atoms with Gasteiger partial charge in [-0.05, 0) is 19.1 Å². The van der Waals surface area contributed by atoms with Crippen molar-refractivity contribution in [3.8, 4) is 5.69 Å². The number of anilines is 1. The fourth-order valence-electron chi connectivity index (χ4n) is 4.05. The van der Waals surface area contributed by atoms with E-state index < -0.39 is 0 Å². The topological polar surface area (TPSA) is 51.3 Å². The van der Waals surface area contributed by atoms with Crippen molar-refractivity contribution in [3.05, 3.63) is 78.2 Å². The van der Waals surface area contributed by atoms with Crippen molar-refractivity contribution in [1.82, 2.24) is 19.7 Å². The van der Waals surface area contributed by atoms with Crippen molar-refractivity contribution in [2.45, 2.75) is 13.5 Å². The first-order valence-corrected chi connectivity index (χ1v) is 10.2. The van der Waals surface area contributed by atoms with Gasteiger partial charge in [-0.25, -0.2) is 14.6 Å². The van der Waals surface area contributed by atoms with Gasteiger partial charge in [0.25, 0.3) is 0 Å². The SMILES string of the molecule is Cc1ccc(-n2ncc3c(N4CC[NH+](Cc5ccccc5)CC4)ncnc32)cc1. The number of hydrogen-bond acceptors (Lipinski definition) is 4. The maximum Gasteiger partial charge on any atom is 0.168 e. The number of fused-ring (bicyclic) bond motifs is 1. The summed E-state index contributed by atoms with van der Waals surface area (Å²) in [6, 6.07) is 19.1. The standard InChI is InChI=1S/C23H24N6/c1-18-7-9-20(10-8-18)29-23-21(15-26-29)22(24-17-25-23)28-13-11-27(12-14-28)16-19-5-3-2-4-6-19/h2-10,15,17H,11-14,16H2,1H3/p+1. The van der Waals surface area contributed by atoms with E-state index in [1.54, 1.807) is 11.2 Å². The van der Waals surface area contributed by atoms with Crippen LogP contribution in [0.3, 0.4) is 0 Å². The number of piperazine rings is 1. The summed E-state index contributed by atoms with van der Waals surface area (Å²) in [5.74, 6) is 0.993. The van der Waals surface area contributed by atoms with Crippen LogP contribution in [0, 0.1) is 6.92 Å². The third kappa shape index (κ3) is 3.59. The van der Waals surface area contributed by atoms with Crippen molar-refractivity contribution >= 4 is 16.9 Å². The van der Waals surface area contributed by atoms with Crippen molar-refractivity contribution in [1.29, 1.82) is 0 Å². The van der Waals surface area contributed by atoms with Gasteiger partial charge in [-0.2, -0.15) is 5.10 Å². The minimum atomic E-state index is 0.859. The molecule has 0 bridgehead atoms. The lowest BCUT2D eigenvalue weighted by Gasteiger charge is -2.33. The van der Waals surface area contributed by atoms with Crippen LogP contribution in [0.2, 0.25) is 0 Å². The molecule has 1 aliphatic heterocycles. The van der Waals surface area contributed by atoms with Gasteiger partial charge < -0.3 is 9.80 Å². The maximum atomic E-state index is 4.61. The second-order valence-electron chi connectivity index (χ2n) is 7.73. The number of rotatable bonds is 4. The largest absolute Gasteiger partial charge is 0.345 e. The minimum absolute atomic E-state index is 0.859. The van der Waals surface area contributed by atoms with Crippen LogP contribution < -0.4 is 9.80 Å². The number of aromatic nitrogens is 4. The third-order valence-corrected chi connectivity index (χ3v) is 5.69. The first-order chi connectivity index (χ1) is 14.3. The van der Waals surface area contributed by atoms with E-state index in [4.69, 9.17) is 0 Å². The van der Waals surface area contributed by atoms with Crippen LogP contribution in [0.4, 0.5) is 5.82 Å². The Hall–Kier alpha value is -3.25. The number of hydrogen-bond donors (Lipinski definition) is 1. The molecule has 0 unspecified atom stereocenters. The summed E-state index contributed by atoms with van der Waals surface area (Å²) in [7, 11) is 0. The van der Waals surface area contributed by atoms with Crippen LogP contribution in [0.5, 0.6) is 0 Å². The fourth-order valence-corrected chi connectivity index (χ4v) is 4.05. The van der Waals surface area contributed by atoms with E-state index in [0.717, 1.165) is 55.3 Å². The molecule has 4 aromatic rings. The van der Waals surface area contributed by atoms with Gasteiger partial charge in [-0.1, -0.05) is 48.0 Å². The molecule has 3 heterocycles. The van der Waals surface area contributed by atoms with Crippen LogP contribution in [-0.2, 0) is 6.54 Å². The average molecular weight is 385 g/mol. The molecule has 5 rings (SSSR count). The zero-order valence-electron chi connectivity index (χ0n) is 16.6. The summed E-state index contributed by atoms with van der Waals surface area (Å²) in [4.78, 5) is 13.1. The Bertz CT molecular complexity index is 1100. The monoisotopic (exact) mass is 385 g/mol. The molecule has 2 aromatic carbocycles. The lowest BCUT2D eigenvalue weighted by atomic mass is 10.2. The molecule has 146 valence electrons. The molecular weight excluding hydrogens is 360 g/mol. The van der Waals surface area contributed by atoms with Crippen LogP contribution >= 0.6 is 0 Å². The highest BCUT2D eigenvalue weighted by Gasteiger charge is 2.23. The van der Waals surface area contributed by atoms with Gasteiger partial charge in [0.2, 0.25) is 0 Å². The fraction of sp³-hybridized carbons (Fsp3) is 0.261. The van der Waals surface area contributed by atoms with Gasteiger partial charge in [0.1, 0.15) is 18.7 Å². The van der Waals surface area contributed by atoms with Crippen molar-refractivity contribution in [2.75, 3.05) is 31.1 Å². The van der Waals surface area contributed by atoms with Gasteiger partial charge >= 0.3 is 0 Å². The van der Waals surface area contributed by atoms with Gasteiger partial charge in [-0.3, -0.25) is 0 Å². The van der Waals surface area contributed by atoms with Crippen LogP contribution in [0.1, 0.15) is 11.1 Å². The van der Waals surface area contributed by atoms with E-state index in [1.165, 1.54) is 11.1 Å². The van der Waals surface area contributed by atoms with E-state index >= 15 is 0 Å². The molecule has 6 heteroatoms. The quantitative estimate of drug-likeness (QED) is 0.584. The Balaban J connectivity index is 1.35. The van der Waals surface area contributed by atoms with Gasteiger partial charge in [0.05, 0.1) is 43.4 Å². The lowest BCUT2D eigenvalue weighted by Crippen LogP contribution is -3.13. The van der Waals surface area contributed by atoms with Gasteiger partial charge in [-0.15, -0.1) is 0 Å². The predicted octanol–water partition coefficient (Wildman–Crippen LogP) is 2.03. The van der Waals surface area contributed by atoms with Crippen molar-refractivity contribution in [2.24, 2.45) is 0 Å². The second-order valence-corrected chi connectivity index (χ2v) is 7.73. The molecule has 1 saturated heterocycles. The molecule has 0 aliphatic carbocycles. The predicted molar refractivity (Wildman–Crippen MR) is 114 cm³/mol. The second kappa shape index (κ2) is 7.64. The summed E-state index contributed by atoms with van der Waals surface area (Å²) >= 11 is 0. The number of nitrogens with zero attached hydrogens (tertiary/aromatic N) is 5. The van der Waals surface area contributed by atoms with E-state index in [9.17, 15) is 0 Å². The lowest BCUT2D eigenvalue weighted by molar-refractivity contribution is -0.914. The number of quaternary nitrogens is 1. The Morgan fingerprint density at radius 3 is 2.45 bits per heavy atom. The maximum absolute atomic E-state index is 4.61. The molecule has 0 radical (unpaired) electrons. The molecule has 0 amide bonds. The zero-order valence-corrected chi connectivity index (χ0v) is 16.6. The van der Waals surface area contributed by atoms with E-state index in [0.29, 0.717) is 0 Å². The molecule has 6 nitrogen and oxygen atoms in total. The van der Waals surface area contributed by atoms with Crippen LogP contribution in [-0.4, -0.2) is 45.9 Å². The van der Waals surface area contributed by atoms with E-state index in [2.05, 4.69) is 81.5 Å². The molecule has 1 fully saturated rings. The third-order valence-electron chi connectivity index (χ3n) is 5.69. The molecule has 29 heavy (non-hydrogen) atoms. The summed E-state index contributed by atoms with van der Waals surface area (Å²) < 4.78 is 1.90. The van der Waals surface area contributed by atoms with Gasteiger partial charge in [0, 0.05) is 5.56 Å². The number of aryl methyl sites for hydroxylation is 1. The number of nitrogens with one attached hydrogen (secondary N) is 1. The summed E-state index contributed by atoms with van der Waals surface area (Å²) in [6.45, 7) is 7.36. The molecule has 0 saturated carbocycles. The minimum Gasteiger partial charge on any atom is -0.345 e. The highest BCUT2D eigenvalue weighted by Crippen LogP contribution is 2.24. The van der Waals surface area contributed by atoms with Gasteiger partial charge in [0.15, 0.2) is 5.65 Å². The Morgan fingerprint density at radius 1 is 0.931 bits per heavy atom. The molecule has 2 aromatic heterocycles. The molecule has 1 N–H and O–H groups in total. The highest BCUT2D eigenvalue weighted by atomic mass is 15.3. The van der Waals surface area contributed by atoms with Crippen LogP contribution in [0.15, 0.2) is 67.1 Å². The first kappa shape index (κ1) is 17.8. The average Bonchev–Trinajstić information content (AvgIpc) is 3.20. The number of benzene rings is 2. The summed E-state index contributed by atoms with van der Waals surface area (Å²) in [5, 5.41) is 5.62. The molecular formula is C23H25N6+. The smallest absolute Gasteiger partial charge is 0.168 e. The van der Waals surface area contributed by atoms with E-state index in [1.807, 2.05) is 10.9 Å². The van der Waals surface area contributed by atoms with Crippen LogP contribution in [0.25, 0.3) is 16.7 Å². The Labute approximate surface area is 170 Å². The first-order valence-electron chi connectivity index (χ1n) is 10.2. The molecule has 0 atom stereocenters. The van der Waals surface area contributed by atoms with E-state index in [-0.39, 0.29) is 0 Å². The Morgan fingerprint density at radius 2 is 1.69 bits per heavy atom. The Kier molecular flexibility index (Phi) is 4.69. The van der Waals surface area contributed by atoms with Crippen molar-refractivity contribution in [3.63, 3.8) is 0 Å². The summed E-state index contributed by atoms with van der Waals surface area (Å²) in [6.07, 6.45) is 3.56. The zero-order chi connectivity index (χ0) is 19.6. The van der Waals surface area contributed by atoms with Crippen molar-refractivity contribution < 1.29 is 4.90 Å².